The van der Waals surface area contributed by atoms with E-state index >= 15 is 0 Å². The van der Waals surface area contributed by atoms with Crippen LogP contribution in [-0.4, -0.2) is 16.6 Å². The second kappa shape index (κ2) is 5.54. The smallest absolute Gasteiger partial charge is 0.142 e. The number of Topliss-reactive ketones (excluding diaryl/α,β-unsaturated/α-hetero) is 1. The topological polar surface area (TPSA) is 29.4 Å². The standard InChI is InChI=1S/C11H18NOS/c1-4-5-9(13)10(8(2)3)11-12-6-7-14-11/h6,8,10H,4-5,7H2,1-3H3. The van der Waals surface area contributed by atoms with Gasteiger partial charge in [-0.3, -0.25) is 9.79 Å². The molecule has 0 fully saturated rings. The molecule has 1 aliphatic heterocycles. The SMILES string of the molecule is CCCC(=O)C(C1=N[CH]CS1)C(C)C. The number of carbonyl (C=O) groups excluding carboxylic acids is 1. The van der Waals surface area contributed by atoms with Gasteiger partial charge < -0.3 is 0 Å². The average molecular weight is 212 g/mol. The van der Waals surface area contributed by atoms with Gasteiger partial charge in [-0.05, 0) is 12.3 Å². The largest absolute Gasteiger partial charge is 0.299 e. The van der Waals surface area contributed by atoms with Crippen LogP contribution in [0.25, 0.3) is 0 Å². The summed E-state index contributed by atoms with van der Waals surface area (Å²) >= 11 is 1.71. The third-order valence-corrected chi connectivity index (χ3v) is 3.27. The Morgan fingerprint density at radius 1 is 1.64 bits per heavy atom. The molecule has 1 radical (unpaired) electrons. The lowest BCUT2D eigenvalue weighted by molar-refractivity contribution is -0.121. The molecule has 0 saturated carbocycles. The molecule has 1 rings (SSSR count). The molecule has 1 aliphatic rings. The Kier molecular flexibility index (Phi) is 4.66. The second-order valence-electron chi connectivity index (χ2n) is 3.90. The molecule has 0 aromatic carbocycles. The summed E-state index contributed by atoms with van der Waals surface area (Å²) in [6.07, 6.45) is 1.62. The molecule has 0 spiro atoms. The van der Waals surface area contributed by atoms with Gasteiger partial charge in [-0.2, -0.15) is 0 Å². The molecular weight excluding hydrogens is 194 g/mol. The van der Waals surface area contributed by atoms with Gasteiger partial charge in [0.2, 0.25) is 0 Å². The molecule has 1 atom stereocenters. The number of hydrogen-bond acceptors (Lipinski definition) is 3. The van der Waals surface area contributed by atoms with Crippen molar-refractivity contribution in [3.63, 3.8) is 0 Å². The third kappa shape index (κ3) is 2.84. The maximum Gasteiger partial charge on any atom is 0.142 e. The third-order valence-electron chi connectivity index (χ3n) is 2.30. The van der Waals surface area contributed by atoms with E-state index in [1.807, 2.05) is 13.5 Å². The number of thioether (sulfide) groups is 1. The van der Waals surface area contributed by atoms with Gasteiger partial charge in [0.1, 0.15) is 5.78 Å². The Balaban J connectivity index is 2.68. The van der Waals surface area contributed by atoms with Gasteiger partial charge in [-0.15, -0.1) is 11.8 Å². The highest BCUT2D eigenvalue weighted by Crippen LogP contribution is 2.27. The van der Waals surface area contributed by atoms with E-state index in [1.54, 1.807) is 11.8 Å². The zero-order valence-corrected chi connectivity index (χ0v) is 9.93. The van der Waals surface area contributed by atoms with E-state index in [4.69, 9.17) is 0 Å². The highest BCUT2D eigenvalue weighted by Gasteiger charge is 2.28. The van der Waals surface area contributed by atoms with Gasteiger partial charge in [-0.1, -0.05) is 20.8 Å². The van der Waals surface area contributed by atoms with E-state index in [-0.39, 0.29) is 5.92 Å². The zero-order chi connectivity index (χ0) is 10.6. The highest BCUT2D eigenvalue weighted by atomic mass is 32.2. The predicted octanol–water partition coefficient (Wildman–Crippen LogP) is 2.93. The first-order valence-electron chi connectivity index (χ1n) is 5.21. The van der Waals surface area contributed by atoms with Crippen LogP contribution in [-0.2, 0) is 4.79 Å². The quantitative estimate of drug-likeness (QED) is 0.701. The van der Waals surface area contributed by atoms with Crippen molar-refractivity contribution in [2.24, 2.45) is 16.8 Å². The van der Waals surface area contributed by atoms with Crippen LogP contribution in [0.4, 0.5) is 0 Å². The number of ketones is 1. The minimum atomic E-state index is 0.0405. The zero-order valence-electron chi connectivity index (χ0n) is 9.12. The summed E-state index contributed by atoms with van der Waals surface area (Å²) in [5.74, 6) is 1.69. The van der Waals surface area contributed by atoms with Crippen molar-refractivity contribution in [3.05, 3.63) is 6.54 Å². The van der Waals surface area contributed by atoms with Crippen molar-refractivity contribution in [3.8, 4) is 0 Å². The van der Waals surface area contributed by atoms with Crippen molar-refractivity contribution in [2.45, 2.75) is 33.6 Å². The van der Waals surface area contributed by atoms with Crippen molar-refractivity contribution in [1.82, 2.24) is 0 Å². The number of carbonyl (C=O) groups is 1. The van der Waals surface area contributed by atoms with Gasteiger partial charge in [0.25, 0.3) is 0 Å². The van der Waals surface area contributed by atoms with Crippen LogP contribution in [0.15, 0.2) is 4.99 Å². The van der Waals surface area contributed by atoms with Crippen LogP contribution >= 0.6 is 11.8 Å². The van der Waals surface area contributed by atoms with Gasteiger partial charge >= 0.3 is 0 Å². The molecule has 3 heteroatoms. The molecule has 0 amide bonds. The molecule has 79 valence electrons. The Morgan fingerprint density at radius 3 is 2.79 bits per heavy atom. The van der Waals surface area contributed by atoms with E-state index in [0.717, 1.165) is 17.2 Å². The monoisotopic (exact) mass is 212 g/mol. The summed E-state index contributed by atoms with van der Waals surface area (Å²) in [5, 5.41) is 1.03. The first kappa shape index (κ1) is 11.8. The Labute approximate surface area is 90.6 Å². The van der Waals surface area contributed by atoms with E-state index in [1.165, 1.54) is 0 Å². The summed E-state index contributed by atoms with van der Waals surface area (Å²) in [5.41, 5.74) is 0. The fraction of sp³-hybridized carbons (Fsp3) is 0.727. The van der Waals surface area contributed by atoms with Crippen LogP contribution in [0.3, 0.4) is 0 Å². The highest BCUT2D eigenvalue weighted by molar-refractivity contribution is 8.14. The van der Waals surface area contributed by atoms with Crippen molar-refractivity contribution in [1.29, 1.82) is 0 Å². The van der Waals surface area contributed by atoms with E-state index in [0.29, 0.717) is 18.1 Å². The number of aliphatic imine (C=N–C) groups is 1. The molecular formula is C11H18NOS. The summed E-state index contributed by atoms with van der Waals surface area (Å²) in [7, 11) is 0. The molecule has 0 bridgehead atoms. The lowest BCUT2D eigenvalue weighted by Gasteiger charge is -2.18. The predicted molar refractivity (Wildman–Crippen MR) is 62.4 cm³/mol. The minimum Gasteiger partial charge on any atom is -0.299 e. The average Bonchev–Trinajstić information content (AvgIpc) is 2.57. The Hall–Kier alpha value is -0.310. The van der Waals surface area contributed by atoms with Crippen molar-refractivity contribution >= 4 is 22.6 Å². The molecule has 0 saturated heterocycles. The maximum atomic E-state index is 11.9. The second-order valence-corrected chi connectivity index (χ2v) is 4.94. The Bertz CT molecular complexity index is 235. The van der Waals surface area contributed by atoms with Crippen LogP contribution in [0.2, 0.25) is 0 Å². The van der Waals surface area contributed by atoms with Gasteiger partial charge in [0.15, 0.2) is 0 Å². The first-order chi connectivity index (χ1) is 6.66. The van der Waals surface area contributed by atoms with Crippen LogP contribution < -0.4 is 0 Å². The van der Waals surface area contributed by atoms with Gasteiger partial charge in [0, 0.05) is 12.2 Å². The van der Waals surface area contributed by atoms with Gasteiger partial charge in [0.05, 0.1) is 17.5 Å². The van der Waals surface area contributed by atoms with Crippen molar-refractivity contribution < 1.29 is 4.79 Å². The molecule has 14 heavy (non-hydrogen) atoms. The lowest BCUT2D eigenvalue weighted by Crippen LogP contribution is -2.26. The molecule has 0 aliphatic carbocycles. The molecule has 1 unspecified atom stereocenters. The van der Waals surface area contributed by atoms with E-state index < -0.39 is 0 Å². The van der Waals surface area contributed by atoms with Crippen LogP contribution in [0.1, 0.15) is 33.6 Å². The molecule has 0 aromatic heterocycles. The van der Waals surface area contributed by atoms with E-state index in [9.17, 15) is 4.79 Å². The van der Waals surface area contributed by atoms with E-state index in [2.05, 4.69) is 18.8 Å². The maximum absolute atomic E-state index is 11.9. The molecule has 0 N–H and O–H groups in total. The number of nitrogens with zero attached hydrogens (tertiary/aromatic N) is 1. The fourth-order valence-corrected chi connectivity index (χ4v) is 2.71. The molecule has 2 nitrogen and oxygen atoms in total. The summed E-state index contributed by atoms with van der Waals surface area (Å²) in [6, 6.07) is 0. The Morgan fingerprint density at radius 2 is 2.36 bits per heavy atom. The lowest BCUT2D eigenvalue weighted by atomic mass is 9.90. The summed E-state index contributed by atoms with van der Waals surface area (Å²) in [6.45, 7) is 8.14. The number of rotatable bonds is 5. The minimum absolute atomic E-state index is 0.0405. The normalized spacial score (nSPS) is 18.4. The molecule has 1 heterocycles. The van der Waals surface area contributed by atoms with Gasteiger partial charge in [-0.25, -0.2) is 0 Å². The molecule has 0 aromatic rings. The van der Waals surface area contributed by atoms with Crippen LogP contribution in [0.5, 0.6) is 0 Å². The first-order valence-corrected chi connectivity index (χ1v) is 6.20. The van der Waals surface area contributed by atoms with Crippen molar-refractivity contribution in [2.75, 3.05) is 5.75 Å². The summed E-state index contributed by atoms with van der Waals surface area (Å²) < 4.78 is 0. The number of hydrogen-bond donors (Lipinski definition) is 0. The fourth-order valence-electron chi connectivity index (χ4n) is 1.65. The summed E-state index contributed by atoms with van der Waals surface area (Å²) in [4.78, 5) is 16.2. The van der Waals surface area contributed by atoms with Crippen LogP contribution in [0, 0.1) is 18.4 Å².